The van der Waals surface area contributed by atoms with Crippen molar-refractivity contribution in [2.24, 2.45) is 14.1 Å². The highest BCUT2D eigenvalue weighted by Gasteiger charge is 2.23. The zero-order valence-electron chi connectivity index (χ0n) is 17.9. The van der Waals surface area contributed by atoms with Gasteiger partial charge in [-0.15, -0.1) is 0 Å². The fourth-order valence-corrected chi connectivity index (χ4v) is 4.16. The molecule has 0 fully saturated rings. The van der Waals surface area contributed by atoms with E-state index in [1.54, 1.807) is 23.9 Å². The minimum absolute atomic E-state index is 0.103. The van der Waals surface area contributed by atoms with Crippen LogP contribution in [0, 0.1) is 10.1 Å². The second kappa shape index (κ2) is 7.79. The molecule has 2 aromatic carbocycles. The van der Waals surface area contributed by atoms with Crippen LogP contribution in [0.3, 0.4) is 0 Å². The number of non-ortho nitro benzene ring substituents is 1. The maximum Gasteiger partial charge on any atom is 0.330 e. The molecule has 4 rings (SSSR count). The van der Waals surface area contributed by atoms with E-state index in [0.29, 0.717) is 26.6 Å². The number of nitro groups is 1. The molecule has 0 bridgehead atoms. The fraction of sp³-hybridized carbons (Fsp3) is 0.182. The van der Waals surface area contributed by atoms with Crippen LogP contribution in [0.1, 0.15) is 0 Å². The number of fused-ring (bicyclic) bond motifs is 1. The van der Waals surface area contributed by atoms with Crippen LogP contribution in [0.2, 0.25) is 0 Å². The van der Waals surface area contributed by atoms with Crippen molar-refractivity contribution in [3.8, 4) is 16.9 Å². The molecule has 0 saturated heterocycles. The number of aromatic nitrogens is 3. The second-order valence-corrected chi connectivity index (χ2v) is 8.50. The van der Waals surface area contributed by atoms with Gasteiger partial charge in [-0.3, -0.25) is 24.0 Å². The van der Waals surface area contributed by atoms with Gasteiger partial charge in [-0.1, -0.05) is 15.9 Å². The Morgan fingerprint density at radius 1 is 1.00 bits per heavy atom. The number of halogens is 1. The highest BCUT2D eigenvalue weighted by Crippen LogP contribution is 2.37. The number of aryl methyl sites for hydroxylation is 1. The van der Waals surface area contributed by atoms with Gasteiger partial charge in [0, 0.05) is 67.9 Å². The highest BCUT2D eigenvalue weighted by atomic mass is 79.9. The summed E-state index contributed by atoms with van der Waals surface area (Å²) < 4.78 is 4.81. The first-order chi connectivity index (χ1) is 15.1. The lowest BCUT2D eigenvalue weighted by Crippen LogP contribution is -2.36. The van der Waals surface area contributed by atoms with Gasteiger partial charge in [0.05, 0.1) is 21.5 Å². The van der Waals surface area contributed by atoms with Crippen molar-refractivity contribution in [3.63, 3.8) is 0 Å². The number of nitro benzene ring substituents is 1. The summed E-state index contributed by atoms with van der Waals surface area (Å²) in [5.74, 6) is 0. The summed E-state index contributed by atoms with van der Waals surface area (Å²) in [5, 5.41) is 11.7. The van der Waals surface area contributed by atoms with Crippen molar-refractivity contribution in [1.82, 2.24) is 13.7 Å². The van der Waals surface area contributed by atoms with Crippen LogP contribution in [-0.4, -0.2) is 32.7 Å². The van der Waals surface area contributed by atoms with Crippen molar-refractivity contribution in [3.05, 3.63) is 84.1 Å². The highest BCUT2D eigenvalue weighted by molar-refractivity contribution is 9.10. The summed E-state index contributed by atoms with van der Waals surface area (Å²) >= 11 is 3.48. The van der Waals surface area contributed by atoms with Gasteiger partial charge in [-0.25, -0.2) is 4.79 Å². The summed E-state index contributed by atoms with van der Waals surface area (Å²) in [4.78, 5) is 38.7. The molecule has 10 heteroatoms. The van der Waals surface area contributed by atoms with E-state index in [4.69, 9.17) is 0 Å². The van der Waals surface area contributed by atoms with Gasteiger partial charge in [0.25, 0.3) is 11.2 Å². The lowest BCUT2D eigenvalue weighted by atomic mass is 10.1. The molecule has 2 aromatic heterocycles. The number of hydrogen-bond acceptors (Lipinski definition) is 5. The Morgan fingerprint density at radius 2 is 1.66 bits per heavy atom. The average Bonchev–Trinajstić information content (AvgIpc) is 3.17. The van der Waals surface area contributed by atoms with Crippen molar-refractivity contribution < 1.29 is 4.92 Å². The molecule has 0 saturated carbocycles. The summed E-state index contributed by atoms with van der Waals surface area (Å²) in [6, 6.07) is 12.1. The molecule has 0 radical (unpaired) electrons. The quantitative estimate of drug-likeness (QED) is 0.318. The zero-order valence-corrected chi connectivity index (χ0v) is 19.5. The Balaban J connectivity index is 2.16. The van der Waals surface area contributed by atoms with Gasteiger partial charge in [-0.2, -0.15) is 0 Å². The first kappa shape index (κ1) is 21.6. The fourth-order valence-electron chi connectivity index (χ4n) is 3.73. The van der Waals surface area contributed by atoms with Crippen LogP contribution in [0.25, 0.3) is 27.8 Å². The van der Waals surface area contributed by atoms with Crippen molar-refractivity contribution in [1.29, 1.82) is 0 Å². The molecule has 0 aliphatic carbocycles. The van der Waals surface area contributed by atoms with Crippen LogP contribution in [0.4, 0.5) is 11.4 Å². The first-order valence-electron chi connectivity index (χ1n) is 9.65. The Bertz CT molecular complexity index is 1500. The lowest BCUT2D eigenvalue weighted by molar-refractivity contribution is -0.384. The van der Waals surface area contributed by atoms with Crippen LogP contribution >= 0.6 is 15.9 Å². The molecule has 4 aromatic rings. The van der Waals surface area contributed by atoms with E-state index in [1.165, 1.54) is 23.7 Å². The molecular weight excluding hydrogens is 478 g/mol. The van der Waals surface area contributed by atoms with Crippen LogP contribution in [0.15, 0.2) is 62.7 Å². The largest absolute Gasteiger partial charge is 0.378 e. The molecule has 164 valence electrons. The molecule has 0 aliphatic rings. The number of anilines is 1. The number of rotatable bonds is 4. The Kier molecular flexibility index (Phi) is 5.25. The van der Waals surface area contributed by atoms with Crippen LogP contribution in [-0.2, 0) is 14.1 Å². The number of benzene rings is 2. The standard InChI is InChI=1S/C22H20BrN5O4/c1-24(2)13-5-7-14(8-6-13)27-12-18-19(21(29)26(4)22(30)25(18)3)20(27)16-11-15(28(31)32)9-10-17(16)23/h5-12H,1-4H3. The zero-order chi connectivity index (χ0) is 23.3. The van der Waals surface area contributed by atoms with Crippen molar-refractivity contribution in [2.45, 2.75) is 0 Å². The molecule has 32 heavy (non-hydrogen) atoms. The minimum atomic E-state index is -0.481. The van der Waals surface area contributed by atoms with E-state index < -0.39 is 16.2 Å². The predicted molar refractivity (Wildman–Crippen MR) is 128 cm³/mol. The van der Waals surface area contributed by atoms with Gasteiger partial charge in [0.2, 0.25) is 0 Å². The van der Waals surface area contributed by atoms with E-state index >= 15 is 0 Å². The van der Waals surface area contributed by atoms with Crippen molar-refractivity contribution >= 4 is 38.2 Å². The van der Waals surface area contributed by atoms with Gasteiger partial charge in [0.1, 0.15) is 0 Å². The van der Waals surface area contributed by atoms with Gasteiger partial charge in [-0.05, 0) is 30.3 Å². The predicted octanol–water partition coefficient (Wildman–Crippen LogP) is 3.43. The molecule has 2 heterocycles. The molecular formula is C22H20BrN5O4. The molecule has 9 nitrogen and oxygen atoms in total. The lowest BCUT2D eigenvalue weighted by Gasteiger charge is -2.15. The van der Waals surface area contributed by atoms with Crippen LogP contribution in [0.5, 0.6) is 0 Å². The molecule has 0 amide bonds. The SMILES string of the molecule is CN(C)c1ccc(-n2cc3c(c2-c2cc([N+](=O)[O-])ccc2Br)c(=O)n(C)c(=O)n3C)cc1. The summed E-state index contributed by atoms with van der Waals surface area (Å²) in [6.07, 6.45) is 1.71. The minimum Gasteiger partial charge on any atom is -0.378 e. The Labute approximate surface area is 191 Å². The first-order valence-corrected chi connectivity index (χ1v) is 10.4. The third kappa shape index (κ3) is 3.32. The third-order valence-corrected chi connectivity index (χ3v) is 6.19. The molecule has 0 atom stereocenters. The maximum atomic E-state index is 13.2. The molecule has 0 aliphatic heterocycles. The van der Waals surface area contributed by atoms with Crippen molar-refractivity contribution in [2.75, 3.05) is 19.0 Å². The van der Waals surface area contributed by atoms with Gasteiger partial charge >= 0.3 is 5.69 Å². The summed E-state index contributed by atoms with van der Waals surface area (Å²) in [5.41, 5.74) is 2.08. The van der Waals surface area contributed by atoms with E-state index in [9.17, 15) is 19.7 Å². The normalized spacial score (nSPS) is 11.2. The number of hydrogen-bond donors (Lipinski definition) is 0. The van der Waals surface area contributed by atoms with E-state index in [2.05, 4.69) is 15.9 Å². The second-order valence-electron chi connectivity index (χ2n) is 7.65. The summed E-state index contributed by atoms with van der Waals surface area (Å²) in [6.45, 7) is 0. The summed E-state index contributed by atoms with van der Waals surface area (Å²) in [7, 11) is 6.88. The molecule has 0 unspecified atom stereocenters. The molecule has 0 spiro atoms. The smallest absolute Gasteiger partial charge is 0.330 e. The third-order valence-electron chi connectivity index (χ3n) is 5.50. The Morgan fingerprint density at radius 3 is 2.25 bits per heavy atom. The molecule has 0 N–H and O–H groups in total. The van der Waals surface area contributed by atoms with E-state index in [1.807, 2.05) is 43.3 Å². The maximum absolute atomic E-state index is 13.2. The van der Waals surface area contributed by atoms with Gasteiger partial charge < -0.3 is 9.47 Å². The monoisotopic (exact) mass is 497 g/mol. The van der Waals surface area contributed by atoms with E-state index in [-0.39, 0.29) is 5.69 Å². The van der Waals surface area contributed by atoms with E-state index in [0.717, 1.165) is 15.9 Å². The Hall–Kier alpha value is -3.66. The van der Waals surface area contributed by atoms with Crippen LogP contribution < -0.4 is 16.1 Å². The number of nitrogens with zero attached hydrogens (tertiary/aromatic N) is 5. The average molecular weight is 498 g/mol. The topological polar surface area (TPSA) is 95.3 Å². The van der Waals surface area contributed by atoms with Gasteiger partial charge in [0.15, 0.2) is 0 Å².